The summed E-state index contributed by atoms with van der Waals surface area (Å²) in [6.45, 7) is 1.57. The summed E-state index contributed by atoms with van der Waals surface area (Å²) >= 11 is 5.21. The molecule has 48 valence electrons. The molecule has 0 fully saturated rings. The monoisotopic (exact) mass is 154 g/mol. The highest BCUT2D eigenvalue weighted by Crippen LogP contribution is 2.07. The van der Waals surface area contributed by atoms with Crippen LogP contribution in [0, 0.1) is 0 Å². The highest BCUT2D eigenvalue weighted by Gasteiger charge is 2.03. The molecule has 0 rings (SSSR count). The van der Waals surface area contributed by atoms with Gasteiger partial charge in [0.2, 0.25) is 0 Å². The Morgan fingerprint density at radius 1 is 1.62 bits per heavy atom. The molecule has 0 N–H and O–H groups in total. The molecule has 0 aliphatic rings. The molecule has 8 heavy (non-hydrogen) atoms. The van der Waals surface area contributed by atoms with Crippen LogP contribution in [0.15, 0.2) is 10.4 Å². The summed E-state index contributed by atoms with van der Waals surface area (Å²) in [7, 11) is -3.13. The van der Waals surface area contributed by atoms with Crippen LogP contribution in [0.25, 0.3) is 0 Å². The number of rotatable bonds is 1. The summed E-state index contributed by atoms with van der Waals surface area (Å²) in [4.78, 5) is 0. The third-order valence-electron chi connectivity index (χ3n) is 0.581. The van der Waals surface area contributed by atoms with Crippen molar-refractivity contribution in [2.75, 3.05) is 6.26 Å². The highest BCUT2D eigenvalue weighted by atomic mass is 35.5. The quantitative estimate of drug-likeness (QED) is 0.568. The van der Waals surface area contributed by atoms with Gasteiger partial charge >= 0.3 is 0 Å². The second kappa shape index (κ2) is 2.51. The molecule has 0 aromatic heterocycles. The number of allylic oxidation sites excluding steroid dienone is 1. The van der Waals surface area contributed by atoms with E-state index in [1.165, 1.54) is 6.08 Å². The standard InChI is InChI=1S/C4H7ClO2S/c1-3-4(5)8(2,6)7/h3H,1-2H3/b4-3+. The molecule has 0 atom stereocenters. The number of sulfone groups is 1. The third-order valence-corrected chi connectivity index (χ3v) is 2.58. The zero-order valence-electron chi connectivity index (χ0n) is 4.68. The molecule has 0 aromatic rings. The Morgan fingerprint density at radius 3 is 2.00 bits per heavy atom. The summed E-state index contributed by atoms with van der Waals surface area (Å²) in [6, 6.07) is 0. The van der Waals surface area contributed by atoms with Crippen LogP contribution in [-0.2, 0) is 9.84 Å². The van der Waals surface area contributed by atoms with Crippen molar-refractivity contribution in [3.8, 4) is 0 Å². The van der Waals surface area contributed by atoms with Crippen LogP contribution in [0.3, 0.4) is 0 Å². The van der Waals surface area contributed by atoms with Crippen molar-refractivity contribution < 1.29 is 8.42 Å². The molecular weight excluding hydrogens is 148 g/mol. The van der Waals surface area contributed by atoms with Crippen molar-refractivity contribution in [3.05, 3.63) is 10.4 Å². The van der Waals surface area contributed by atoms with Crippen LogP contribution in [0.2, 0.25) is 0 Å². The van der Waals surface area contributed by atoms with Crippen molar-refractivity contribution in [1.29, 1.82) is 0 Å². The molecule has 0 aliphatic heterocycles. The molecule has 0 radical (unpaired) electrons. The molecule has 0 amide bonds. The van der Waals surface area contributed by atoms with Gasteiger partial charge in [0.05, 0.1) is 0 Å². The van der Waals surface area contributed by atoms with Crippen molar-refractivity contribution in [2.24, 2.45) is 0 Å². The summed E-state index contributed by atoms with van der Waals surface area (Å²) < 4.78 is 20.6. The fourth-order valence-corrected chi connectivity index (χ4v) is 0.642. The fourth-order valence-electron chi connectivity index (χ4n) is 0.214. The van der Waals surface area contributed by atoms with E-state index in [0.29, 0.717) is 0 Å². The van der Waals surface area contributed by atoms with Gasteiger partial charge in [-0.1, -0.05) is 17.7 Å². The maximum Gasteiger partial charge on any atom is 0.185 e. The van der Waals surface area contributed by atoms with Gasteiger partial charge in [-0.2, -0.15) is 0 Å². The summed E-state index contributed by atoms with van der Waals surface area (Å²) in [6.07, 6.45) is 2.41. The second-order valence-electron chi connectivity index (χ2n) is 1.36. The van der Waals surface area contributed by atoms with E-state index in [1.54, 1.807) is 6.92 Å². The van der Waals surface area contributed by atoms with E-state index in [9.17, 15) is 8.42 Å². The molecule has 0 saturated carbocycles. The first-order chi connectivity index (χ1) is 3.48. The van der Waals surface area contributed by atoms with Crippen LogP contribution in [-0.4, -0.2) is 14.7 Å². The van der Waals surface area contributed by atoms with Gasteiger partial charge in [0.15, 0.2) is 9.84 Å². The van der Waals surface area contributed by atoms with Gasteiger partial charge in [0.25, 0.3) is 0 Å². The molecule has 4 heteroatoms. The van der Waals surface area contributed by atoms with E-state index in [0.717, 1.165) is 6.26 Å². The van der Waals surface area contributed by atoms with Gasteiger partial charge in [-0.25, -0.2) is 8.42 Å². The lowest BCUT2D eigenvalue weighted by Gasteiger charge is -1.88. The minimum Gasteiger partial charge on any atom is -0.223 e. The average Bonchev–Trinajstić information content (AvgIpc) is 1.62. The Kier molecular flexibility index (Phi) is 2.50. The molecule has 0 unspecified atom stereocenters. The zero-order valence-corrected chi connectivity index (χ0v) is 6.25. The Labute approximate surface area is 54.1 Å². The normalized spacial score (nSPS) is 14.1. The molecular formula is C4H7ClO2S. The summed E-state index contributed by atoms with van der Waals surface area (Å²) in [5, 5.41) is 0. The van der Waals surface area contributed by atoms with E-state index in [-0.39, 0.29) is 4.36 Å². The van der Waals surface area contributed by atoms with E-state index in [4.69, 9.17) is 11.6 Å². The number of halogens is 1. The number of hydrogen-bond acceptors (Lipinski definition) is 2. The SMILES string of the molecule is C/C=C(\Cl)S(C)(=O)=O. The molecule has 0 saturated heterocycles. The number of hydrogen-bond donors (Lipinski definition) is 0. The van der Waals surface area contributed by atoms with Crippen LogP contribution >= 0.6 is 11.6 Å². The van der Waals surface area contributed by atoms with Crippen molar-refractivity contribution >= 4 is 21.4 Å². The van der Waals surface area contributed by atoms with E-state index in [1.807, 2.05) is 0 Å². The Bertz CT molecular complexity index is 190. The minimum atomic E-state index is -3.13. The van der Waals surface area contributed by atoms with Gasteiger partial charge in [-0.15, -0.1) is 0 Å². The smallest absolute Gasteiger partial charge is 0.185 e. The molecule has 0 aromatic carbocycles. The predicted molar refractivity (Wildman–Crippen MR) is 34.5 cm³/mol. The zero-order chi connectivity index (χ0) is 6.78. The maximum atomic E-state index is 10.4. The molecule has 0 spiro atoms. The lowest BCUT2D eigenvalue weighted by atomic mass is 10.8. The topological polar surface area (TPSA) is 34.1 Å². The van der Waals surface area contributed by atoms with Gasteiger partial charge in [0.1, 0.15) is 4.36 Å². The first-order valence-electron chi connectivity index (χ1n) is 2.00. The second-order valence-corrected chi connectivity index (χ2v) is 3.98. The molecule has 2 nitrogen and oxygen atoms in total. The maximum absolute atomic E-state index is 10.4. The predicted octanol–water partition coefficient (Wildman–Crippen LogP) is 1.13. The summed E-state index contributed by atoms with van der Waals surface area (Å²) in [5.74, 6) is 0. The summed E-state index contributed by atoms with van der Waals surface area (Å²) in [5.41, 5.74) is 0. The van der Waals surface area contributed by atoms with Crippen LogP contribution in [0.5, 0.6) is 0 Å². The first kappa shape index (κ1) is 7.98. The third kappa shape index (κ3) is 2.33. The van der Waals surface area contributed by atoms with Crippen molar-refractivity contribution in [3.63, 3.8) is 0 Å². The molecule has 0 aliphatic carbocycles. The Hall–Kier alpha value is -0.0200. The highest BCUT2D eigenvalue weighted by molar-refractivity contribution is 7.96. The Morgan fingerprint density at radius 2 is 2.00 bits per heavy atom. The van der Waals surface area contributed by atoms with Gasteiger partial charge in [-0.05, 0) is 6.92 Å². The lowest BCUT2D eigenvalue weighted by Crippen LogP contribution is -1.93. The van der Waals surface area contributed by atoms with E-state index < -0.39 is 9.84 Å². The molecule has 0 bridgehead atoms. The lowest BCUT2D eigenvalue weighted by molar-refractivity contribution is 0.609. The minimum absolute atomic E-state index is 0.0995. The van der Waals surface area contributed by atoms with Crippen LogP contribution in [0.4, 0.5) is 0 Å². The van der Waals surface area contributed by atoms with Crippen LogP contribution < -0.4 is 0 Å². The van der Waals surface area contributed by atoms with Crippen LogP contribution in [0.1, 0.15) is 6.92 Å². The van der Waals surface area contributed by atoms with Crippen molar-refractivity contribution in [1.82, 2.24) is 0 Å². The molecule has 0 heterocycles. The van der Waals surface area contributed by atoms with Gasteiger partial charge < -0.3 is 0 Å². The largest absolute Gasteiger partial charge is 0.223 e. The van der Waals surface area contributed by atoms with E-state index in [2.05, 4.69) is 0 Å². The van der Waals surface area contributed by atoms with E-state index >= 15 is 0 Å². The Balaban J connectivity index is 4.55. The first-order valence-corrected chi connectivity index (χ1v) is 4.27. The van der Waals surface area contributed by atoms with Crippen molar-refractivity contribution in [2.45, 2.75) is 6.92 Å². The van der Waals surface area contributed by atoms with Gasteiger partial charge in [0, 0.05) is 6.26 Å². The average molecular weight is 155 g/mol. The van der Waals surface area contributed by atoms with Gasteiger partial charge in [-0.3, -0.25) is 0 Å². The fraction of sp³-hybridized carbons (Fsp3) is 0.500.